The lowest BCUT2D eigenvalue weighted by Gasteiger charge is -2.36. The first-order valence-electron chi connectivity index (χ1n) is 7.50. The Morgan fingerprint density at radius 2 is 1.71 bits per heavy atom. The van der Waals surface area contributed by atoms with Gasteiger partial charge in [-0.3, -0.25) is 0 Å². The first-order chi connectivity index (χ1) is 9.63. The van der Waals surface area contributed by atoms with Gasteiger partial charge in [0.1, 0.15) is 11.8 Å². The van der Waals surface area contributed by atoms with E-state index in [1.54, 1.807) is 0 Å². The Hall–Kier alpha value is -1.53. The third-order valence-corrected chi connectivity index (χ3v) is 3.26. The van der Waals surface area contributed by atoms with Crippen LogP contribution < -0.4 is 10.1 Å². The standard InChI is InChI=1S/C18H28N2O/c1-14(20-18(5,6)13-17(2,3)4)15-7-9-16(10-8-15)21-12-11-19/h7-10,14,20H,12-13H2,1-6H3. The van der Waals surface area contributed by atoms with E-state index in [0.29, 0.717) is 5.41 Å². The van der Waals surface area contributed by atoms with E-state index >= 15 is 0 Å². The van der Waals surface area contributed by atoms with Gasteiger partial charge in [0.2, 0.25) is 0 Å². The molecule has 116 valence electrons. The number of nitrogens with one attached hydrogen (secondary N) is 1. The van der Waals surface area contributed by atoms with Crippen LogP contribution in [0.2, 0.25) is 0 Å². The highest BCUT2D eigenvalue weighted by molar-refractivity contribution is 5.29. The molecule has 21 heavy (non-hydrogen) atoms. The van der Waals surface area contributed by atoms with Gasteiger partial charge in [0.25, 0.3) is 0 Å². The number of rotatable bonds is 6. The van der Waals surface area contributed by atoms with Crippen LogP contribution in [-0.4, -0.2) is 12.1 Å². The van der Waals surface area contributed by atoms with Gasteiger partial charge in [-0.05, 0) is 50.3 Å². The average molecular weight is 288 g/mol. The number of nitriles is 1. The Morgan fingerprint density at radius 3 is 2.19 bits per heavy atom. The predicted octanol–water partition coefficient (Wildman–Crippen LogP) is 4.45. The summed E-state index contributed by atoms with van der Waals surface area (Å²) >= 11 is 0. The molecule has 0 saturated carbocycles. The molecule has 1 unspecified atom stereocenters. The molecular weight excluding hydrogens is 260 g/mol. The minimum atomic E-state index is 0.0770. The summed E-state index contributed by atoms with van der Waals surface area (Å²) in [5, 5.41) is 12.2. The monoisotopic (exact) mass is 288 g/mol. The molecule has 1 N–H and O–H groups in total. The molecule has 0 aliphatic rings. The van der Waals surface area contributed by atoms with Crippen molar-refractivity contribution in [2.75, 3.05) is 6.61 Å². The van der Waals surface area contributed by atoms with Crippen molar-refractivity contribution >= 4 is 0 Å². The van der Waals surface area contributed by atoms with Crippen LogP contribution in [0.15, 0.2) is 24.3 Å². The van der Waals surface area contributed by atoms with Gasteiger partial charge in [-0.2, -0.15) is 5.26 Å². The van der Waals surface area contributed by atoms with E-state index in [0.717, 1.165) is 12.2 Å². The largest absolute Gasteiger partial charge is 0.479 e. The maximum Gasteiger partial charge on any atom is 0.174 e. The van der Waals surface area contributed by atoms with Gasteiger partial charge < -0.3 is 10.1 Å². The third kappa shape index (κ3) is 6.64. The zero-order valence-corrected chi connectivity index (χ0v) is 14.2. The van der Waals surface area contributed by atoms with E-state index in [2.05, 4.69) is 59.0 Å². The zero-order valence-electron chi connectivity index (χ0n) is 14.2. The van der Waals surface area contributed by atoms with Gasteiger partial charge >= 0.3 is 0 Å². The molecule has 0 saturated heterocycles. The van der Waals surface area contributed by atoms with Crippen molar-refractivity contribution in [2.24, 2.45) is 5.41 Å². The predicted molar refractivity (Wildman–Crippen MR) is 87.3 cm³/mol. The van der Waals surface area contributed by atoms with Gasteiger partial charge in [-0.1, -0.05) is 32.9 Å². The van der Waals surface area contributed by atoms with E-state index in [1.165, 1.54) is 5.56 Å². The molecule has 0 aliphatic carbocycles. The molecule has 1 atom stereocenters. The average Bonchev–Trinajstić information content (AvgIpc) is 2.33. The quantitative estimate of drug-likeness (QED) is 0.841. The van der Waals surface area contributed by atoms with E-state index in [9.17, 15) is 0 Å². The van der Waals surface area contributed by atoms with Crippen LogP contribution in [0.3, 0.4) is 0 Å². The van der Waals surface area contributed by atoms with Gasteiger partial charge in [0.05, 0.1) is 0 Å². The molecule has 0 fully saturated rings. The number of hydrogen-bond acceptors (Lipinski definition) is 3. The summed E-state index contributed by atoms with van der Waals surface area (Å²) in [6.07, 6.45) is 1.10. The Morgan fingerprint density at radius 1 is 1.14 bits per heavy atom. The van der Waals surface area contributed by atoms with Crippen LogP contribution >= 0.6 is 0 Å². The maximum absolute atomic E-state index is 8.51. The summed E-state index contributed by atoms with van der Waals surface area (Å²) in [4.78, 5) is 0. The normalized spacial score (nSPS) is 13.6. The van der Waals surface area contributed by atoms with Crippen LogP contribution in [0.25, 0.3) is 0 Å². The molecule has 0 bridgehead atoms. The molecule has 3 heteroatoms. The molecule has 1 rings (SSSR count). The second-order valence-electron chi connectivity index (χ2n) is 7.50. The van der Waals surface area contributed by atoms with Crippen LogP contribution in [-0.2, 0) is 0 Å². The summed E-state index contributed by atoms with van der Waals surface area (Å²) in [5.41, 5.74) is 1.60. The molecule has 1 aromatic rings. The minimum Gasteiger partial charge on any atom is -0.479 e. The third-order valence-electron chi connectivity index (χ3n) is 3.26. The highest BCUT2D eigenvalue weighted by atomic mass is 16.5. The summed E-state index contributed by atoms with van der Waals surface area (Å²) in [6, 6.07) is 10.2. The summed E-state index contributed by atoms with van der Waals surface area (Å²) in [7, 11) is 0. The highest BCUT2D eigenvalue weighted by Crippen LogP contribution is 2.29. The fourth-order valence-corrected chi connectivity index (χ4v) is 3.01. The Labute approximate surface area is 129 Å². The second kappa shape index (κ2) is 6.95. The summed E-state index contributed by atoms with van der Waals surface area (Å²) < 4.78 is 5.28. The molecule has 1 aromatic carbocycles. The lowest BCUT2D eigenvalue weighted by atomic mass is 9.81. The van der Waals surface area contributed by atoms with Crippen LogP contribution in [0.1, 0.15) is 59.6 Å². The lowest BCUT2D eigenvalue weighted by Crippen LogP contribution is -2.43. The van der Waals surface area contributed by atoms with Gasteiger partial charge in [0, 0.05) is 11.6 Å². The highest BCUT2D eigenvalue weighted by Gasteiger charge is 2.26. The van der Waals surface area contributed by atoms with E-state index in [1.807, 2.05) is 18.2 Å². The smallest absolute Gasteiger partial charge is 0.174 e. The SMILES string of the molecule is CC(NC(C)(C)CC(C)(C)C)c1ccc(OCC#N)cc1. The van der Waals surface area contributed by atoms with Gasteiger partial charge in [-0.25, -0.2) is 0 Å². The first-order valence-corrected chi connectivity index (χ1v) is 7.50. The van der Waals surface area contributed by atoms with Crippen LogP contribution in [0, 0.1) is 16.7 Å². The Kier molecular flexibility index (Phi) is 5.80. The molecular formula is C18H28N2O. The minimum absolute atomic E-state index is 0.0770. The van der Waals surface area contributed by atoms with Crippen LogP contribution in [0.5, 0.6) is 5.75 Å². The first kappa shape index (κ1) is 17.5. The molecule has 0 spiro atoms. The van der Waals surface area contributed by atoms with E-state index in [-0.39, 0.29) is 18.2 Å². The van der Waals surface area contributed by atoms with Gasteiger partial charge in [0.15, 0.2) is 6.61 Å². The maximum atomic E-state index is 8.51. The fourth-order valence-electron chi connectivity index (χ4n) is 3.01. The van der Waals surface area contributed by atoms with Crippen LogP contribution in [0.4, 0.5) is 0 Å². The molecule has 3 nitrogen and oxygen atoms in total. The number of benzene rings is 1. The van der Waals surface area contributed by atoms with Gasteiger partial charge in [-0.15, -0.1) is 0 Å². The van der Waals surface area contributed by atoms with Crippen molar-refractivity contribution in [3.63, 3.8) is 0 Å². The van der Waals surface area contributed by atoms with Crippen molar-refractivity contribution in [2.45, 2.75) is 59.5 Å². The van der Waals surface area contributed by atoms with E-state index in [4.69, 9.17) is 10.00 Å². The molecule has 0 heterocycles. The Bertz CT molecular complexity index is 477. The van der Waals surface area contributed by atoms with Crippen molar-refractivity contribution in [1.82, 2.24) is 5.32 Å². The molecule has 0 aromatic heterocycles. The summed E-state index contributed by atoms with van der Waals surface area (Å²) in [5.74, 6) is 0.737. The molecule has 0 radical (unpaired) electrons. The fraction of sp³-hybridized carbons (Fsp3) is 0.611. The zero-order chi connectivity index (χ0) is 16.1. The lowest BCUT2D eigenvalue weighted by molar-refractivity contribution is 0.227. The van der Waals surface area contributed by atoms with Crippen molar-refractivity contribution < 1.29 is 4.74 Å². The Balaban J connectivity index is 2.67. The number of hydrogen-bond donors (Lipinski definition) is 1. The van der Waals surface area contributed by atoms with Crippen molar-refractivity contribution in [3.05, 3.63) is 29.8 Å². The summed E-state index contributed by atoms with van der Waals surface area (Å²) in [6.45, 7) is 13.6. The molecule has 0 amide bonds. The number of ether oxygens (including phenoxy) is 1. The second-order valence-corrected chi connectivity index (χ2v) is 7.50. The molecule has 0 aliphatic heterocycles. The number of nitrogens with zero attached hydrogens (tertiary/aromatic N) is 1. The van der Waals surface area contributed by atoms with E-state index < -0.39 is 0 Å². The topological polar surface area (TPSA) is 45.0 Å². The van der Waals surface area contributed by atoms with Crippen molar-refractivity contribution in [1.29, 1.82) is 5.26 Å². The van der Waals surface area contributed by atoms with Crippen molar-refractivity contribution in [3.8, 4) is 11.8 Å².